The van der Waals surface area contributed by atoms with E-state index in [0.717, 1.165) is 31.2 Å². The van der Waals surface area contributed by atoms with Gasteiger partial charge in [-0.05, 0) is 48.9 Å². The molecule has 2 atom stereocenters. The number of aromatic hydroxyl groups is 1. The van der Waals surface area contributed by atoms with E-state index in [4.69, 9.17) is 0 Å². The Morgan fingerprint density at radius 1 is 1.38 bits per heavy atom. The number of rotatable bonds is 1. The number of hydrogen-bond donors (Lipinski definition) is 2. The quantitative estimate of drug-likeness (QED) is 0.758. The Balaban J connectivity index is 2.08. The number of carboxylic acids is 1. The van der Waals surface area contributed by atoms with Gasteiger partial charge in [0.15, 0.2) is 0 Å². The van der Waals surface area contributed by atoms with E-state index in [1.807, 2.05) is 6.07 Å². The van der Waals surface area contributed by atoms with E-state index in [1.54, 1.807) is 12.1 Å². The van der Waals surface area contributed by atoms with Crippen LogP contribution in [0.5, 0.6) is 5.75 Å². The average Bonchev–Trinajstić information content (AvgIpc) is 2.55. The van der Waals surface area contributed by atoms with E-state index < -0.39 is 5.97 Å². The molecule has 3 rings (SSSR count). The smallest absolute Gasteiger partial charge is 0.307 e. The van der Waals surface area contributed by atoms with E-state index in [9.17, 15) is 15.0 Å². The number of hydrogen-bond acceptors (Lipinski definition) is 2. The lowest BCUT2D eigenvalue weighted by Gasteiger charge is -2.45. The zero-order valence-corrected chi connectivity index (χ0v) is 8.94. The molecule has 3 heteroatoms. The van der Waals surface area contributed by atoms with Crippen molar-refractivity contribution in [2.24, 2.45) is 5.92 Å². The molecule has 1 fully saturated rings. The van der Waals surface area contributed by atoms with Crippen LogP contribution >= 0.6 is 0 Å². The summed E-state index contributed by atoms with van der Waals surface area (Å²) in [5.74, 6) is -0.700. The Morgan fingerprint density at radius 2 is 2.19 bits per heavy atom. The van der Waals surface area contributed by atoms with Crippen LogP contribution in [0.2, 0.25) is 0 Å². The number of phenols is 1. The molecular weight excluding hydrogens is 204 g/mol. The third kappa shape index (κ3) is 1.06. The largest absolute Gasteiger partial charge is 0.508 e. The van der Waals surface area contributed by atoms with E-state index in [2.05, 4.69) is 0 Å². The highest BCUT2D eigenvalue weighted by molar-refractivity contribution is 5.75. The molecular formula is C13H14O3. The maximum Gasteiger partial charge on any atom is 0.307 e. The maximum atomic E-state index is 11.2. The van der Waals surface area contributed by atoms with Gasteiger partial charge in [0, 0.05) is 5.41 Å². The second kappa shape index (κ2) is 3.00. The molecule has 2 aliphatic rings. The van der Waals surface area contributed by atoms with Crippen molar-refractivity contribution in [2.45, 2.75) is 31.1 Å². The minimum Gasteiger partial charge on any atom is -0.508 e. The maximum absolute atomic E-state index is 11.2. The zero-order valence-electron chi connectivity index (χ0n) is 8.94. The van der Waals surface area contributed by atoms with E-state index in [0.29, 0.717) is 0 Å². The predicted molar refractivity (Wildman–Crippen MR) is 58.5 cm³/mol. The Kier molecular flexibility index (Phi) is 1.82. The van der Waals surface area contributed by atoms with Gasteiger partial charge in [0.25, 0.3) is 0 Å². The minimum absolute atomic E-state index is 0.181. The van der Waals surface area contributed by atoms with Crippen LogP contribution in [0.25, 0.3) is 0 Å². The van der Waals surface area contributed by atoms with Gasteiger partial charge in [-0.1, -0.05) is 6.07 Å². The summed E-state index contributed by atoms with van der Waals surface area (Å²) in [7, 11) is 0. The van der Waals surface area contributed by atoms with Gasteiger partial charge in [-0.2, -0.15) is 0 Å². The summed E-state index contributed by atoms with van der Waals surface area (Å²) in [5, 5.41) is 18.7. The molecule has 16 heavy (non-hydrogen) atoms. The molecule has 1 spiro atoms. The SMILES string of the molecule is O=C(O)[C@@H]1CC[C@@]12CCc1ccc(O)cc12. The van der Waals surface area contributed by atoms with Crippen LogP contribution in [0.4, 0.5) is 0 Å². The molecule has 2 aliphatic carbocycles. The molecule has 0 bridgehead atoms. The van der Waals surface area contributed by atoms with Gasteiger partial charge in [-0.15, -0.1) is 0 Å². The highest BCUT2D eigenvalue weighted by atomic mass is 16.4. The number of carboxylic acid groups (broad SMARTS) is 1. The molecule has 0 radical (unpaired) electrons. The standard InChI is InChI=1S/C13H14O3/c14-9-2-1-8-3-5-13(11(8)7-9)6-4-10(13)12(15)16/h1-2,7,10,14H,3-6H2,(H,15,16)/t10-,13-/m0/s1. The number of aryl methyl sites for hydroxylation is 1. The lowest BCUT2D eigenvalue weighted by atomic mass is 9.57. The summed E-state index contributed by atoms with van der Waals surface area (Å²) in [6.45, 7) is 0. The van der Waals surface area contributed by atoms with Crippen molar-refractivity contribution in [3.8, 4) is 5.75 Å². The van der Waals surface area contributed by atoms with E-state index in [1.165, 1.54) is 5.56 Å². The summed E-state index contributed by atoms with van der Waals surface area (Å²) in [4.78, 5) is 11.2. The predicted octanol–water partition coefficient (Wildman–Crippen LogP) is 2.07. The molecule has 0 unspecified atom stereocenters. The van der Waals surface area contributed by atoms with Crippen molar-refractivity contribution in [3.63, 3.8) is 0 Å². The number of fused-ring (bicyclic) bond motifs is 2. The molecule has 0 aromatic heterocycles. The number of benzene rings is 1. The first-order valence-corrected chi connectivity index (χ1v) is 5.69. The Hall–Kier alpha value is -1.51. The molecule has 2 N–H and O–H groups in total. The molecule has 0 heterocycles. The average molecular weight is 218 g/mol. The second-order valence-corrected chi connectivity index (χ2v) is 4.93. The van der Waals surface area contributed by atoms with E-state index >= 15 is 0 Å². The fourth-order valence-corrected chi connectivity index (χ4v) is 3.36. The number of aliphatic carboxylic acids is 1. The van der Waals surface area contributed by atoms with Gasteiger partial charge >= 0.3 is 5.97 Å². The highest BCUT2D eigenvalue weighted by Gasteiger charge is 2.54. The summed E-state index contributed by atoms with van der Waals surface area (Å²) in [6.07, 6.45) is 3.58. The third-order valence-electron chi connectivity index (χ3n) is 4.31. The number of phenolic OH excluding ortho intramolecular Hbond substituents is 1. The van der Waals surface area contributed by atoms with Crippen LogP contribution in [-0.4, -0.2) is 16.2 Å². The first-order chi connectivity index (χ1) is 7.63. The van der Waals surface area contributed by atoms with Gasteiger partial charge in [0.2, 0.25) is 0 Å². The minimum atomic E-state index is -0.692. The van der Waals surface area contributed by atoms with Crippen molar-refractivity contribution in [3.05, 3.63) is 29.3 Å². The molecule has 0 amide bonds. The van der Waals surface area contributed by atoms with Crippen molar-refractivity contribution >= 4 is 5.97 Å². The lowest BCUT2D eigenvalue weighted by molar-refractivity contribution is -0.149. The number of carbonyl (C=O) groups is 1. The van der Waals surface area contributed by atoms with Crippen LogP contribution in [0, 0.1) is 5.92 Å². The molecule has 3 nitrogen and oxygen atoms in total. The van der Waals surface area contributed by atoms with Crippen molar-refractivity contribution in [2.75, 3.05) is 0 Å². The van der Waals surface area contributed by atoms with Crippen molar-refractivity contribution in [1.29, 1.82) is 0 Å². The van der Waals surface area contributed by atoms with Gasteiger partial charge in [-0.25, -0.2) is 0 Å². The Labute approximate surface area is 93.7 Å². The molecule has 1 saturated carbocycles. The van der Waals surface area contributed by atoms with Crippen LogP contribution in [-0.2, 0) is 16.6 Å². The fraction of sp³-hybridized carbons (Fsp3) is 0.462. The van der Waals surface area contributed by atoms with E-state index in [-0.39, 0.29) is 17.1 Å². The summed E-state index contributed by atoms with van der Waals surface area (Å²) in [5.41, 5.74) is 2.11. The summed E-state index contributed by atoms with van der Waals surface area (Å²) < 4.78 is 0. The highest BCUT2D eigenvalue weighted by Crippen LogP contribution is 2.56. The first-order valence-electron chi connectivity index (χ1n) is 5.69. The first kappa shape index (κ1) is 9.70. The monoisotopic (exact) mass is 218 g/mol. The van der Waals surface area contributed by atoms with Crippen LogP contribution < -0.4 is 0 Å². The lowest BCUT2D eigenvalue weighted by Crippen LogP contribution is -2.46. The summed E-state index contributed by atoms with van der Waals surface area (Å²) >= 11 is 0. The second-order valence-electron chi connectivity index (χ2n) is 4.93. The third-order valence-corrected chi connectivity index (χ3v) is 4.31. The molecule has 0 aliphatic heterocycles. The molecule has 84 valence electrons. The molecule has 1 aromatic carbocycles. The van der Waals surface area contributed by atoms with Crippen molar-refractivity contribution in [1.82, 2.24) is 0 Å². The van der Waals surface area contributed by atoms with Gasteiger partial charge < -0.3 is 10.2 Å². The van der Waals surface area contributed by atoms with Gasteiger partial charge in [0.05, 0.1) is 5.92 Å². The summed E-state index contributed by atoms with van der Waals surface area (Å²) in [6, 6.07) is 5.38. The Morgan fingerprint density at radius 3 is 2.81 bits per heavy atom. The molecule has 0 saturated heterocycles. The van der Waals surface area contributed by atoms with Crippen molar-refractivity contribution < 1.29 is 15.0 Å². The van der Waals surface area contributed by atoms with Gasteiger partial charge in [-0.3, -0.25) is 4.79 Å². The van der Waals surface area contributed by atoms with Gasteiger partial charge in [0.1, 0.15) is 5.75 Å². The topological polar surface area (TPSA) is 57.5 Å². The fourth-order valence-electron chi connectivity index (χ4n) is 3.36. The molecule has 1 aromatic rings. The van der Waals surface area contributed by atoms with Crippen LogP contribution in [0.1, 0.15) is 30.4 Å². The normalized spacial score (nSPS) is 31.1. The Bertz CT molecular complexity index is 466. The zero-order chi connectivity index (χ0) is 11.3. The van der Waals surface area contributed by atoms with Crippen LogP contribution in [0.3, 0.4) is 0 Å². The van der Waals surface area contributed by atoms with Crippen LogP contribution in [0.15, 0.2) is 18.2 Å².